The molecule has 0 aliphatic rings. The lowest BCUT2D eigenvalue weighted by Gasteiger charge is -2.09. The molecule has 7 heteroatoms. The van der Waals surface area contributed by atoms with Gasteiger partial charge in [-0.25, -0.2) is 9.97 Å². The normalized spacial score (nSPS) is 10.3. The second-order valence-electron chi connectivity index (χ2n) is 3.90. The number of aryl methyl sites for hydroxylation is 2. The highest BCUT2D eigenvalue weighted by atomic mass is 32.1. The summed E-state index contributed by atoms with van der Waals surface area (Å²) in [6.07, 6.45) is 1.65. The molecular weight excluding hydrogens is 248 g/mol. The van der Waals surface area contributed by atoms with Crippen LogP contribution in [0.1, 0.15) is 17.1 Å². The molecule has 2 rings (SSSR count). The fourth-order valence-electron chi connectivity index (χ4n) is 1.52. The molecular formula is C11H14N6S. The molecule has 0 spiro atoms. The first kappa shape index (κ1) is 12.4. The molecule has 0 amide bonds. The molecule has 0 radical (unpaired) electrons. The van der Waals surface area contributed by atoms with E-state index in [0.717, 1.165) is 11.3 Å². The average molecular weight is 262 g/mol. The van der Waals surface area contributed by atoms with Crippen LogP contribution in [-0.2, 0) is 13.6 Å². The van der Waals surface area contributed by atoms with Crippen LogP contribution in [0, 0.1) is 6.92 Å². The molecule has 0 atom stereocenters. The van der Waals surface area contributed by atoms with Crippen LogP contribution < -0.4 is 11.1 Å². The number of nitrogens with one attached hydrogen (secondary N) is 1. The van der Waals surface area contributed by atoms with Gasteiger partial charge in [0, 0.05) is 12.7 Å². The lowest BCUT2D eigenvalue weighted by molar-refractivity contribution is 0.747. The van der Waals surface area contributed by atoms with E-state index in [1.165, 1.54) is 0 Å². The van der Waals surface area contributed by atoms with Crippen LogP contribution in [-0.4, -0.2) is 24.7 Å². The van der Waals surface area contributed by atoms with Gasteiger partial charge in [-0.2, -0.15) is 5.10 Å². The van der Waals surface area contributed by atoms with Gasteiger partial charge in [0.1, 0.15) is 17.1 Å². The minimum absolute atomic E-state index is 0.319. The van der Waals surface area contributed by atoms with E-state index in [1.807, 2.05) is 26.1 Å². The minimum Gasteiger partial charge on any atom is -0.389 e. The van der Waals surface area contributed by atoms with Crippen molar-refractivity contribution in [2.45, 2.75) is 13.5 Å². The van der Waals surface area contributed by atoms with Gasteiger partial charge in [-0.3, -0.25) is 4.68 Å². The summed E-state index contributed by atoms with van der Waals surface area (Å²) in [6, 6.07) is 3.73. The van der Waals surface area contributed by atoms with Crippen molar-refractivity contribution in [2.24, 2.45) is 12.8 Å². The summed E-state index contributed by atoms with van der Waals surface area (Å²) >= 11 is 4.99. The molecule has 0 saturated carbocycles. The van der Waals surface area contributed by atoms with E-state index in [4.69, 9.17) is 18.0 Å². The number of anilines is 1. The van der Waals surface area contributed by atoms with E-state index in [2.05, 4.69) is 20.4 Å². The first-order valence-electron chi connectivity index (χ1n) is 5.42. The predicted octanol–water partition coefficient (Wildman–Crippen LogP) is 0.765. The van der Waals surface area contributed by atoms with Gasteiger partial charge in [-0.05, 0) is 19.1 Å². The lowest BCUT2D eigenvalue weighted by atomic mass is 10.2. The molecule has 0 bridgehead atoms. The zero-order valence-corrected chi connectivity index (χ0v) is 11.0. The molecule has 6 nitrogen and oxygen atoms in total. The Kier molecular flexibility index (Phi) is 3.52. The molecule has 0 unspecified atom stereocenters. The molecule has 3 N–H and O–H groups in total. The zero-order valence-electron chi connectivity index (χ0n) is 10.2. The summed E-state index contributed by atoms with van der Waals surface area (Å²) in [5.41, 5.74) is 7.28. The Morgan fingerprint density at radius 1 is 1.50 bits per heavy atom. The third-order valence-electron chi connectivity index (χ3n) is 2.36. The van der Waals surface area contributed by atoms with E-state index < -0.39 is 0 Å². The van der Waals surface area contributed by atoms with Crippen LogP contribution in [0.2, 0.25) is 0 Å². The van der Waals surface area contributed by atoms with Crippen molar-refractivity contribution in [3.63, 3.8) is 0 Å². The van der Waals surface area contributed by atoms with E-state index >= 15 is 0 Å². The van der Waals surface area contributed by atoms with Gasteiger partial charge in [0.2, 0.25) is 0 Å². The summed E-state index contributed by atoms with van der Waals surface area (Å²) in [4.78, 5) is 8.82. The molecule has 2 heterocycles. The number of hydrogen-bond donors (Lipinski definition) is 2. The van der Waals surface area contributed by atoms with Gasteiger partial charge >= 0.3 is 0 Å². The van der Waals surface area contributed by atoms with Crippen LogP contribution in [0.25, 0.3) is 0 Å². The highest BCUT2D eigenvalue weighted by molar-refractivity contribution is 7.80. The molecule has 2 aromatic heterocycles. The van der Waals surface area contributed by atoms with Crippen LogP contribution >= 0.6 is 12.2 Å². The fourth-order valence-corrected chi connectivity index (χ4v) is 1.68. The topological polar surface area (TPSA) is 81.6 Å². The Balaban J connectivity index is 2.17. The van der Waals surface area contributed by atoms with Gasteiger partial charge in [-0.1, -0.05) is 12.2 Å². The quantitative estimate of drug-likeness (QED) is 0.792. The Morgan fingerprint density at radius 3 is 2.89 bits per heavy atom. The number of nitrogens with two attached hydrogens (primary N) is 1. The SMILES string of the molecule is Cc1ccc(C(N)=S)c(NCc2ncn(C)n2)n1. The number of nitrogens with zero attached hydrogens (tertiary/aromatic N) is 4. The third-order valence-corrected chi connectivity index (χ3v) is 2.58. The van der Waals surface area contributed by atoms with Gasteiger partial charge < -0.3 is 11.1 Å². The Morgan fingerprint density at radius 2 is 2.28 bits per heavy atom. The monoisotopic (exact) mass is 262 g/mol. The van der Waals surface area contributed by atoms with E-state index in [9.17, 15) is 0 Å². The maximum atomic E-state index is 5.65. The highest BCUT2D eigenvalue weighted by Gasteiger charge is 2.08. The van der Waals surface area contributed by atoms with E-state index in [0.29, 0.717) is 23.2 Å². The Hall–Kier alpha value is -2.02. The Bertz CT molecular complexity index is 577. The van der Waals surface area contributed by atoms with Crippen molar-refractivity contribution in [1.82, 2.24) is 19.7 Å². The standard InChI is InChI=1S/C11H14N6S/c1-7-3-4-8(10(12)18)11(15-7)13-5-9-14-6-17(2)16-9/h3-4,6H,5H2,1-2H3,(H2,12,18)(H,13,15). The molecule has 18 heavy (non-hydrogen) atoms. The maximum Gasteiger partial charge on any atom is 0.169 e. The lowest BCUT2D eigenvalue weighted by Crippen LogP contribution is -2.15. The smallest absolute Gasteiger partial charge is 0.169 e. The number of pyridine rings is 1. The van der Waals surface area contributed by atoms with Crippen molar-refractivity contribution in [1.29, 1.82) is 0 Å². The number of rotatable bonds is 4. The van der Waals surface area contributed by atoms with Crippen LogP contribution in [0.15, 0.2) is 18.5 Å². The van der Waals surface area contributed by atoms with Gasteiger partial charge in [0.15, 0.2) is 5.82 Å². The highest BCUT2D eigenvalue weighted by Crippen LogP contribution is 2.13. The van der Waals surface area contributed by atoms with Crippen molar-refractivity contribution in [3.8, 4) is 0 Å². The molecule has 2 aromatic rings. The van der Waals surface area contributed by atoms with Crippen LogP contribution in [0.3, 0.4) is 0 Å². The molecule has 0 aromatic carbocycles. The molecule has 0 aliphatic carbocycles. The molecule has 0 fully saturated rings. The molecule has 94 valence electrons. The molecule has 0 saturated heterocycles. The van der Waals surface area contributed by atoms with E-state index in [1.54, 1.807) is 11.0 Å². The average Bonchev–Trinajstić information content (AvgIpc) is 2.72. The Labute approximate surface area is 110 Å². The number of hydrogen-bond acceptors (Lipinski definition) is 5. The summed E-state index contributed by atoms with van der Waals surface area (Å²) in [5.74, 6) is 1.35. The van der Waals surface area contributed by atoms with Gasteiger partial charge in [-0.15, -0.1) is 0 Å². The largest absolute Gasteiger partial charge is 0.389 e. The van der Waals surface area contributed by atoms with Crippen molar-refractivity contribution in [3.05, 3.63) is 35.5 Å². The molecule has 0 aliphatic heterocycles. The van der Waals surface area contributed by atoms with E-state index in [-0.39, 0.29) is 0 Å². The summed E-state index contributed by atoms with van der Waals surface area (Å²) < 4.78 is 1.65. The summed E-state index contributed by atoms with van der Waals surface area (Å²) in [5, 5.41) is 7.32. The van der Waals surface area contributed by atoms with Crippen molar-refractivity contribution < 1.29 is 0 Å². The summed E-state index contributed by atoms with van der Waals surface area (Å²) in [6.45, 7) is 2.39. The minimum atomic E-state index is 0.319. The third kappa shape index (κ3) is 2.80. The summed E-state index contributed by atoms with van der Waals surface area (Å²) in [7, 11) is 1.82. The van der Waals surface area contributed by atoms with Gasteiger partial charge in [0.25, 0.3) is 0 Å². The second kappa shape index (κ2) is 5.09. The first-order chi connectivity index (χ1) is 8.56. The van der Waals surface area contributed by atoms with Crippen LogP contribution in [0.5, 0.6) is 0 Å². The first-order valence-corrected chi connectivity index (χ1v) is 5.83. The van der Waals surface area contributed by atoms with Gasteiger partial charge in [0.05, 0.1) is 12.1 Å². The number of aromatic nitrogens is 4. The van der Waals surface area contributed by atoms with Crippen molar-refractivity contribution in [2.75, 3.05) is 5.32 Å². The fraction of sp³-hybridized carbons (Fsp3) is 0.273. The second-order valence-corrected chi connectivity index (χ2v) is 4.34. The zero-order chi connectivity index (χ0) is 13.1. The maximum absolute atomic E-state index is 5.65. The predicted molar refractivity (Wildman–Crippen MR) is 73.2 cm³/mol. The number of thiocarbonyl (C=S) groups is 1. The van der Waals surface area contributed by atoms with Crippen LogP contribution in [0.4, 0.5) is 5.82 Å². The van der Waals surface area contributed by atoms with Crippen molar-refractivity contribution >= 4 is 23.0 Å².